The van der Waals surface area contributed by atoms with E-state index in [0.29, 0.717) is 22.8 Å². The number of nitro groups is 1. The summed E-state index contributed by atoms with van der Waals surface area (Å²) in [6.45, 7) is 1.04. The number of nitrogens with zero attached hydrogens (tertiary/aromatic N) is 2. The van der Waals surface area contributed by atoms with Crippen LogP contribution in [-0.4, -0.2) is 24.1 Å². The van der Waals surface area contributed by atoms with Crippen LogP contribution in [0.4, 0.5) is 5.69 Å². The molecule has 1 fully saturated rings. The van der Waals surface area contributed by atoms with Gasteiger partial charge in [0.1, 0.15) is 6.61 Å². The standard InChI is InChI=1S/C12H12IN3O3/c13-10-5-8(7-14)6-11(16(17)18)12(10)19-4-3-15-9-1-2-9/h5-6,9,15H,1-4H2. The van der Waals surface area contributed by atoms with Crippen molar-refractivity contribution in [3.8, 4) is 11.8 Å². The molecule has 0 unspecified atom stereocenters. The molecule has 2 rings (SSSR count). The number of rotatable bonds is 6. The molecule has 1 aromatic rings. The van der Waals surface area contributed by atoms with Crippen LogP contribution < -0.4 is 10.1 Å². The van der Waals surface area contributed by atoms with Crippen LogP contribution in [0.15, 0.2) is 12.1 Å². The summed E-state index contributed by atoms with van der Waals surface area (Å²) in [6, 6.07) is 5.31. The summed E-state index contributed by atoms with van der Waals surface area (Å²) in [5.74, 6) is 0.238. The molecule has 1 saturated carbocycles. The molecular formula is C12H12IN3O3. The maximum absolute atomic E-state index is 11.0. The van der Waals surface area contributed by atoms with E-state index in [1.54, 1.807) is 6.07 Å². The second-order valence-electron chi connectivity index (χ2n) is 4.25. The Labute approximate surface area is 124 Å². The lowest BCUT2D eigenvalue weighted by molar-refractivity contribution is -0.386. The highest BCUT2D eigenvalue weighted by molar-refractivity contribution is 14.1. The maximum atomic E-state index is 11.0. The van der Waals surface area contributed by atoms with E-state index in [1.807, 2.05) is 28.7 Å². The molecule has 0 heterocycles. The Balaban J connectivity index is 2.08. The van der Waals surface area contributed by atoms with Gasteiger partial charge in [-0.2, -0.15) is 5.26 Å². The van der Waals surface area contributed by atoms with Gasteiger partial charge in [0.25, 0.3) is 0 Å². The van der Waals surface area contributed by atoms with Crippen molar-refractivity contribution in [3.05, 3.63) is 31.4 Å². The summed E-state index contributed by atoms with van der Waals surface area (Å²) in [5.41, 5.74) is 0.106. The molecule has 0 spiro atoms. The van der Waals surface area contributed by atoms with Crippen molar-refractivity contribution < 1.29 is 9.66 Å². The Kier molecular flexibility index (Phi) is 4.55. The summed E-state index contributed by atoms with van der Waals surface area (Å²) in [4.78, 5) is 10.5. The number of halogens is 1. The third-order valence-corrected chi connectivity index (χ3v) is 3.51. The van der Waals surface area contributed by atoms with Crippen molar-refractivity contribution in [2.24, 2.45) is 0 Å². The van der Waals surface area contributed by atoms with Gasteiger partial charge >= 0.3 is 5.69 Å². The van der Waals surface area contributed by atoms with Crippen LogP contribution in [0.1, 0.15) is 18.4 Å². The van der Waals surface area contributed by atoms with Gasteiger partial charge in [-0.1, -0.05) is 0 Å². The summed E-state index contributed by atoms with van der Waals surface area (Å²) in [5, 5.41) is 23.1. The summed E-state index contributed by atoms with van der Waals surface area (Å²) in [6.07, 6.45) is 2.38. The van der Waals surface area contributed by atoms with Gasteiger partial charge < -0.3 is 10.1 Å². The van der Waals surface area contributed by atoms with Gasteiger partial charge in [-0.15, -0.1) is 0 Å². The lowest BCUT2D eigenvalue weighted by Gasteiger charge is -2.09. The van der Waals surface area contributed by atoms with Crippen LogP contribution in [0, 0.1) is 25.0 Å². The third kappa shape index (κ3) is 3.78. The summed E-state index contributed by atoms with van der Waals surface area (Å²) < 4.78 is 6.06. The number of nitro benzene ring substituents is 1. The zero-order chi connectivity index (χ0) is 13.8. The maximum Gasteiger partial charge on any atom is 0.313 e. The predicted octanol–water partition coefficient (Wildman–Crippen LogP) is 2.20. The first-order valence-electron chi connectivity index (χ1n) is 5.86. The lowest BCUT2D eigenvalue weighted by Crippen LogP contribution is -2.23. The van der Waals surface area contributed by atoms with Gasteiger partial charge in [0.2, 0.25) is 5.75 Å². The van der Waals surface area contributed by atoms with E-state index in [2.05, 4.69) is 5.32 Å². The number of hydrogen-bond acceptors (Lipinski definition) is 5. The highest BCUT2D eigenvalue weighted by Gasteiger charge is 2.22. The largest absolute Gasteiger partial charge is 0.485 e. The monoisotopic (exact) mass is 373 g/mol. The van der Waals surface area contributed by atoms with Crippen molar-refractivity contribution in [2.75, 3.05) is 13.2 Å². The predicted molar refractivity (Wildman–Crippen MR) is 77.0 cm³/mol. The minimum atomic E-state index is -0.521. The van der Waals surface area contributed by atoms with E-state index in [1.165, 1.54) is 18.9 Å². The first kappa shape index (κ1) is 14.0. The number of nitrogens with one attached hydrogen (secondary N) is 1. The zero-order valence-corrected chi connectivity index (χ0v) is 12.2. The van der Waals surface area contributed by atoms with Crippen LogP contribution >= 0.6 is 22.6 Å². The van der Waals surface area contributed by atoms with Crippen molar-refractivity contribution in [1.29, 1.82) is 5.26 Å². The van der Waals surface area contributed by atoms with Crippen LogP contribution in [-0.2, 0) is 0 Å². The average molecular weight is 373 g/mol. The van der Waals surface area contributed by atoms with Gasteiger partial charge in [0, 0.05) is 18.7 Å². The smallest absolute Gasteiger partial charge is 0.313 e. The van der Waals surface area contributed by atoms with Crippen molar-refractivity contribution in [1.82, 2.24) is 5.32 Å². The van der Waals surface area contributed by atoms with Crippen LogP contribution in [0.2, 0.25) is 0 Å². The van der Waals surface area contributed by atoms with E-state index < -0.39 is 4.92 Å². The quantitative estimate of drug-likeness (QED) is 0.358. The molecule has 0 amide bonds. The Morgan fingerprint density at radius 1 is 1.58 bits per heavy atom. The molecule has 0 radical (unpaired) electrons. The molecule has 0 aromatic heterocycles. The number of hydrogen-bond donors (Lipinski definition) is 1. The summed E-state index contributed by atoms with van der Waals surface area (Å²) >= 11 is 1.94. The number of nitriles is 1. The fraction of sp³-hybridized carbons (Fsp3) is 0.417. The first-order chi connectivity index (χ1) is 9.11. The normalized spacial score (nSPS) is 13.9. The molecule has 0 aliphatic heterocycles. The fourth-order valence-corrected chi connectivity index (χ4v) is 2.39. The number of benzene rings is 1. The molecule has 100 valence electrons. The van der Waals surface area contributed by atoms with Gasteiger partial charge in [-0.25, -0.2) is 0 Å². The van der Waals surface area contributed by atoms with Crippen LogP contribution in [0.3, 0.4) is 0 Å². The van der Waals surface area contributed by atoms with Crippen molar-refractivity contribution in [2.45, 2.75) is 18.9 Å². The third-order valence-electron chi connectivity index (χ3n) is 2.71. The Bertz CT molecular complexity index is 538. The molecule has 7 heteroatoms. The van der Waals surface area contributed by atoms with Gasteiger partial charge in [-0.05, 0) is 41.5 Å². The first-order valence-corrected chi connectivity index (χ1v) is 6.94. The highest BCUT2D eigenvalue weighted by Crippen LogP contribution is 2.33. The van der Waals surface area contributed by atoms with E-state index in [9.17, 15) is 10.1 Å². The average Bonchev–Trinajstić information content (AvgIpc) is 3.19. The Morgan fingerprint density at radius 2 is 2.32 bits per heavy atom. The zero-order valence-electron chi connectivity index (χ0n) is 10.1. The van der Waals surface area contributed by atoms with Crippen LogP contribution in [0.5, 0.6) is 5.75 Å². The molecule has 1 N–H and O–H groups in total. The van der Waals surface area contributed by atoms with Gasteiger partial charge in [-0.3, -0.25) is 10.1 Å². The summed E-state index contributed by atoms with van der Waals surface area (Å²) in [7, 11) is 0. The fourth-order valence-electron chi connectivity index (χ4n) is 1.63. The van der Waals surface area contributed by atoms with E-state index in [0.717, 1.165) is 0 Å². The van der Waals surface area contributed by atoms with Gasteiger partial charge in [0.15, 0.2) is 0 Å². The number of ether oxygens (including phenoxy) is 1. The highest BCUT2D eigenvalue weighted by atomic mass is 127. The molecule has 1 aromatic carbocycles. The Hall–Kier alpha value is -1.40. The van der Waals surface area contributed by atoms with E-state index >= 15 is 0 Å². The molecule has 0 bridgehead atoms. The lowest BCUT2D eigenvalue weighted by atomic mass is 10.2. The van der Waals surface area contributed by atoms with Crippen molar-refractivity contribution in [3.63, 3.8) is 0 Å². The molecule has 19 heavy (non-hydrogen) atoms. The molecule has 1 aliphatic carbocycles. The second kappa shape index (κ2) is 6.16. The molecular weight excluding hydrogens is 361 g/mol. The van der Waals surface area contributed by atoms with E-state index in [4.69, 9.17) is 10.00 Å². The van der Waals surface area contributed by atoms with Gasteiger partial charge in [0.05, 0.1) is 20.1 Å². The molecule has 0 saturated heterocycles. The SMILES string of the molecule is N#Cc1cc(I)c(OCCNC2CC2)c([N+](=O)[O-])c1. The Morgan fingerprint density at radius 3 is 2.89 bits per heavy atom. The molecule has 0 atom stereocenters. The second-order valence-corrected chi connectivity index (χ2v) is 5.41. The van der Waals surface area contributed by atoms with E-state index in [-0.39, 0.29) is 17.0 Å². The van der Waals surface area contributed by atoms with Crippen molar-refractivity contribution >= 4 is 28.3 Å². The minimum absolute atomic E-state index is 0.158. The topological polar surface area (TPSA) is 88.2 Å². The molecule has 1 aliphatic rings. The molecule has 6 nitrogen and oxygen atoms in total. The van der Waals surface area contributed by atoms with Crippen LogP contribution in [0.25, 0.3) is 0 Å². The minimum Gasteiger partial charge on any atom is -0.485 e.